The predicted octanol–water partition coefficient (Wildman–Crippen LogP) is 6.21. The molecule has 4 aromatic rings. The number of halogens is 4. The lowest BCUT2D eigenvalue weighted by Gasteiger charge is -2.13. The molecule has 11 nitrogen and oxygen atoms in total. The minimum atomic E-state index is -4.68. The SMILES string of the molecule is COc1ccc(CC(=O)NNC(=O)c2cc(Oc3ccc(NC(=O)Nc4ccc(Cl)c(C(F)(F)F)c4)cc3)ccn2)cc1OC. The van der Waals surface area contributed by atoms with Crippen LogP contribution < -0.4 is 35.7 Å². The third-order valence-electron chi connectivity index (χ3n) is 5.97. The summed E-state index contributed by atoms with van der Waals surface area (Å²) in [4.78, 5) is 41.2. The third kappa shape index (κ3) is 9.00. The van der Waals surface area contributed by atoms with Crippen molar-refractivity contribution in [2.45, 2.75) is 12.6 Å². The average molecular weight is 644 g/mol. The van der Waals surface area contributed by atoms with Gasteiger partial charge in [0.25, 0.3) is 5.91 Å². The Labute approximate surface area is 259 Å². The summed E-state index contributed by atoms with van der Waals surface area (Å²) in [6.07, 6.45) is -3.37. The van der Waals surface area contributed by atoms with Crippen LogP contribution in [-0.4, -0.2) is 37.0 Å². The maximum atomic E-state index is 13.1. The van der Waals surface area contributed by atoms with E-state index in [9.17, 15) is 27.6 Å². The number of alkyl halides is 3. The molecule has 1 aromatic heterocycles. The summed E-state index contributed by atoms with van der Waals surface area (Å²) in [5.41, 5.74) is 4.37. The van der Waals surface area contributed by atoms with Gasteiger partial charge < -0.3 is 24.8 Å². The summed E-state index contributed by atoms with van der Waals surface area (Å²) in [7, 11) is 2.98. The van der Waals surface area contributed by atoms with Gasteiger partial charge in [-0.2, -0.15) is 13.2 Å². The van der Waals surface area contributed by atoms with Crippen molar-refractivity contribution in [3.8, 4) is 23.0 Å². The van der Waals surface area contributed by atoms with Gasteiger partial charge in [-0.3, -0.25) is 25.4 Å². The molecule has 0 aliphatic carbocycles. The van der Waals surface area contributed by atoms with Crippen LogP contribution in [0.1, 0.15) is 21.6 Å². The van der Waals surface area contributed by atoms with Crippen LogP contribution in [0.5, 0.6) is 23.0 Å². The molecule has 0 radical (unpaired) electrons. The van der Waals surface area contributed by atoms with Crippen molar-refractivity contribution in [3.05, 3.63) is 101 Å². The van der Waals surface area contributed by atoms with Crippen molar-refractivity contribution in [1.29, 1.82) is 0 Å². The van der Waals surface area contributed by atoms with Crippen molar-refractivity contribution >= 4 is 40.8 Å². The third-order valence-corrected chi connectivity index (χ3v) is 6.30. The smallest absolute Gasteiger partial charge is 0.417 e. The number of hydrogen-bond donors (Lipinski definition) is 4. The number of pyridine rings is 1. The molecule has 0 saturated carbocycles. The van der Waals surface area contributed by atoms with Crippen LogP contribution in [0, 0.1) is 0 Å². The van der Waals surface area contributed by atoms with E-state index in [-0.39, 0.29) is 23.6 Å². The van der Waals surface area contributed by atoms with Crippen molar-refractivity contribution < 1.29 is 41.8 Å². The first-order valence-corrected chi connectivity index (χ1v) is 13.3. The normalized spacial score (nSPS) is 10.8. The molecular weight excluding hydrogens is 619 g/mol. The van der Waals surface area contributed by atoms with Gasteiger partial charge in [0.15, 0.2) is 11.5 Å². The lowest BCUT2D eigenvalue weighted by molar-refractivity contribution is -0.137. The second kappa shape index (κ2) is 14.3. The first-order chi connectivity index (χ1) is 21.4. The van der Waals surface area contributed by atoms with Gasteiger partial charge in [0.2, 0.25) is 5.91 Å². The van der Waals surface area contributed by atoms with Gasteiger partial charge in [-0.1, -0.05) is 17.7 Å². The number of methoxy groups -OCH3 is 2. The molecule has 0 atom stereocenters. The fourth-order valence-electron chi connectivity index (χ4n) is 3.87. The predicted molar refractivity (Wildman–Crippen MR) is 159 cm³/mol. The molecule has 1 heterocycles. The largest absolute Gasteiger partial charge is 0.493 e. The van der Waals surface area contributed by atoms with Gasteiger partial charge in [-0.05, 0) is 66.2 Å². The standard InChI is InChI=1S/C30H25ClF3N5O6/c1-43-25-10-3-17(13-26(25)44-2)14-27(40)38-39-28(41)24-16-21(11-12-35-24)45-20-7-4-18(5-8-20)36-29(42)37-19-6-9-23(31)22(15-19)30(32,33)34/h3-13,15-16H,14H2,1-2H3,(H,38,40)(H,39,41)(H2,36,37,42). The molecule has 234 valence electrons. The summed E-state index contributed by atoms with van der Waals surface area (Å²) in [5.74, 6) is 0.411. The highest BCUT2D eigenvalue weighted by Gasteiger charge is 2.33. The Morgan fingerprint density at radius 2 is 1.49 bits per heavy atom. The highest BCUT2D eigenvalue weighted by Crippen LogP contribution is 2.36. The molecule has 0 fully saturated rings. The Balaban J connectivity index is 1.29. The first-order valence-electron chi connectivity index (χ1n) is 12.9. The molecule has 0 saturated heterocycles. The van der Waals surface area contributed by atoms with E-state index in [2.05, 4.69) is 26.5 Å². The number of nitrogens with one attached hydrogen (secondary N) is 4. The molecule has 3 aromatic carbocycles. The summed E-state index contributed by atoms with van der Waals surface area (Å²) in [6, 6.07) is 16.2. The molecule has 4 rings (SSSR count). The van der Waals surface area contributed by atoms with E-state index < -0.39 is 34.6 Å². The fraction of sp³-hybridized carbons (Fsp3) is 0.133. The molecule has 4 amide bonds. The Bertz CT molecular complexity index is 1700. The highest BCUT2D eigenvalue weighted by molar-refractivity contribution is 6.31. The zero-order chi connectivity index (χ0) is 32.6. The van der Waals surface area contributed by atoms with E-state index in [1.807, 2.05) is 0 Å². The number of urea groups is 1. The van der Waals surface area contributed by atoms with Gasteiger partial charge >= 0.3 is 12.2 Å². The van der Waals surface area contributed by atoms with Crippen LogP contribution in [0.3, 0.4) is 0 Å². The Kier molecular flexibility index (Phi) is 10.3. The number of nitrogens with zero attached hydrogens (tertiary/aromatic N) is 1. The van der Waals surface area contributed by atoms with E-state index in [4.69, 9.17) is 25.8 Å². The summed E-state index contributed by atoms with van der Waals surface area (Å²) in [6.45, 7) is 0. The van der Waals surface area contributed by atoms with Crippen molar-refractivity contribution in [2.24, 2.45) is 0 Å². The van der Waals surface area contributed by atoms with Crippen LogP contribution >= 0.6 is 11.6 Å². The lowest BCUT2D eigenvalue weighted by atomic mass is 10.1. The maximum Gasteiger partial charge on any atom is 0.417 e. The molecule has 0 spiro atoms. The minimum Gasteiger partial charge on any atom is -0.493 e. The van der Waals surface area contributed by atoms with Gasteiger partial charge in [0.1, 0.15) is 17.2 Å². The number of aromatic nitrogens is 1. The first kappa shape index (κ1) is 32.4. The molecular formula is C30H25ClF3N5O6. The average Bonchev–Trinajstić information content (AvgIpc) is 3.01. The van der Waals surface area contributed by atoms with Crippen LogP contribution in [-0.2, 0) is 17.4 Å². The Morgan fingerprint density at radius 3 is 2.18 bits per heavy atom. The molecule has 4 N–H and O–H groups in total. The second-order valence-corrected chi connectivity index (χ2v) is 9.55. The fourth-order valence-corrected chi connectivity index (χ4v) is 4.09. The highest BCUT2D eigenvalue weighted by atomic mass is 35.5. The van der Waals surface area contributed by atoms with Crippen molar-refractivity contribution in [3.63, 3.8) is 0 Å². The molecule has 0 aliphatic rings. The van der Waals surface area contributed by atoms with E-state index in [1.165, 1.54) is 62.9 Å². The number of carbonyl (C=O) groups excluding carboxylic acids is 3. The van der Waals surface area contributed by atoms with Crippen LogP contribution in [0.2, 0.25) is 5.02 Å². The van der Waals surface area contributed by atoms with E-state index in [0.717, 1.165) is 12.1 Å². The topological polar surface area (TPSA) is 140 Å². The van der Waals surface area contributed by atoms with Crippen LogP contribution in [0.25, 0.3) is 0 Å². The van der Waals surface area contributed by atoms with Gasteiger partial charge in [0.05, 0.1) is 31.2 Å². The van der Waals surface area contributed by atoms with Crippen LogP contribution in [0.4, 0.5) is 29.3 Å². The van der Waals surface area contributed by atoms with E-state index in [1.54, 1.807) is 18.2 Å². The number of benzene rings is 3. The van der Waals surface area contributed by atoms with Crippen molar-refractivity contribution in [2.75, 3.05) is 24.9 Å². The number of anilines is 2. The number of hydrazine groups is 1. The maximum absolute atomic E-state index is 13.1. The van der Waals surface area contributed by atoms with Gasteiger partial charge in [-0.15, -0.1) is 0 Å². The van der Waals surface area contributed by atoms with E-state index in [0.29, 0.717) is 28.5 Å². The minimum absolute atomic E-state index is 0.0373. The number of carbonyl (C=O) groups is 3. The zero-order valence-electron chi connectivity index (χ0n) is 23.6. The Morgan fingerprint density at radius 1 is 0.800 bits per heavy atom. The molecule has 0 aliphatic heterocycles. The molecule has 45 heavy (non-hydrogen) atoms. The second-order valence-electron chi connectivity index (χ2n) is 9.14. The van der Waals surface area contributed by atoms with Crippen LogP contribution in [0.15, 0.2) is 79.0 Å². The summed E-state index contributed by atoms with van der Waals surface area (Å²) in [5, 5.41) is 4.33. The number of hydrogen-bond acceptors (Lipinski definition) is 7. The van der Waals surface area contributed by atoms with Crippen molar-refractivity contribution in [1.82, 2.24) is 15.8 Å². The van der Waals surface area contributed by atoms with Gasteiger partial charge in [-0.25, -0.2) is 4.79 Å². The Hall–Kier alpha value is -5.50. The monoisotopic (exact) mass is 643 g/mol. The molecule has 0 unspecified atom stereocenters. The number of ether oxygens (including phenoxy) is 3. The zero-order valence-corrected chi connectivity index (χ0v) is 24.4. The summed E-state index contributed by atoms with van der Waals surface area (Å²) < 4.78 is 55.4. The quantitative estimate of drug-likeness (QED) is 0.159. The summed E-state index contributed by atoms with van der Waals surface area (Å²) >= 11 is 5.60. The van der Waals surface area contributed by atoms with Gasteiger partial charge in [0, 0.05) is 23.6 Å². The molecule has 0 bridgehead atoms. The number of amides is 4. The number of rotatable bonds is 9. The lowest BCUT2D eigenvalue weighted by Crippen LogP contribution is -2.42. The van der Waals surface area contributed by atoms with E-state index >= 15 is 0 Å². The molecule has 15 heteroatoms.